The predicted octanol–water partition coefficient (Wildman–Crippen LogP) is 5.72. The average molecular weight is 463 g/mol. The normalized spacial score (nSPS) is 18.1. The van der Waals surface area contributed by atoms with Gasteiger partial charge in [0.05, 0.1) is 24.2 Å². The van der Waals surface area contributed by atoms with Gasteiger partial charge in [-0.15, -0.1) is 0 Å². The summed E-state index contributed by atoms with van der Waals surface area (Å²) in [5.74, 6) is 2.04. The minimum Gasteiger partial charge on any atom is -0.472 e. The summed E-state index contributed by atoms with van der Waals surface area (Å²) in [6, 6.07) is 16.9. The molecule has 0 radical (unpaired) electrons. The quantitative estimate of drug-likeness (QED) is 0.335. The van der Waals surface area contributed by atoms with Crippen LogP contribution < -0.4 is 0 Å². The van der Waals surface area contributed by atoms with Crippen LogP contribution in [0.25, 0.3) is 44.7 Å². The Bertz CT molecular complexity index is 1490. The van der Waals surface area contributed by atoms with Crippen molar-refractivity contribution >= 4 is 16.9 Å². The van der Waals surface area contributed by atoms with Gasteiger partial charge in [0.1, 0.15) is 11.3 Å². The molecule has 7 rings (SSSR count). The third kappa shape index (κ3) is 3.60. The standard InChI is InChI=1S/C29H26N4O2/c34-29(22-5-6-22)32-13-10-19(16-32)17-33-27-9-12-30-15-26(27)31-28(33)21-3-1-20(2-4-21)24-8-7-23-18-35-14-11-25(23)24/h1-4,7-9,11-12,14-15,18-19,22H,5-6,10,13,16-17H2/t19-/m0/s1. The predicted molar refractivity (Wildman–Crippen MR) is 135 cm³/mol. The molecule has 1 atom stereocenters. The van der Waals surface area contributed by atoms with E-state index in [4.69, 9.17) is 9.40 Å². The van der Waals surface area contributed by atoms with Gasteiger partial charge in [-0.05, 0) is 54.0 Å². The van der Waals surface area contributed by atoms with Gasteiger partial charge in [-0.25, -0.2) is 4.98 Å². The van der Waals surface area contributed by atoms with Crippen molar-refractivity contribution in [3.8, 4) is 33.6 Å². The lowest BCUT2D eigenvalue weighted by molar-refractivity contribution is -0.131. The molecule has 1 amide bonds. The van der Waals surface area contributed by atoms with Crippen molar-refractivity contribution in [2.24, 2.45) is 11.8 Å². The highest BCUT2D eigenvalue weighted by Gasteiger charge is 2.36. The second kappa shape index (κ2) is 8.08. The molecule has 6 nitrogen and oxygen atoms in total. The molecule has 4 aliphatic rings. The zero-order chi connectivity index (χ0) is 23.4. The van der Waals surface area contributed by atoms with Crippen molar-refractivity contribution in [1.82, 2.24) is 19.4 Å². The van der Waals surface area contributed by atoms with Crippen LogP contribution in [-0.2, 0) is 11.3 Å². The number of rotatable bonds is 5. The second-order valence-electron chi connectivity index (χ2n) is 9.87. The van der Waals surface area contributed by atoms with Crippen LogP contribution in [0.15, 0.2) is 77.9 Å². The zero-order valence-electron chi connectivity index (χ0n) is 19.4. The van der Waals surface area contributed by atoms with E-state index in [1.807, 2.05) is 24.5 Å². The maximum absolute atomic E-state index is 12.6. The number of amides is 1. The van der Waals surface area contributed by atoms with Crippen molar-refractivity contribution in [3.05, 3.63) is 73.5 Å². The van der Waals surface area contributed by atoms with Crippen molar-refractivity contribution in [2.45, 2.75) is 25.8 Å². The number of fused-ring (bicyclic) bond motifs is 2. The van der Waals surface area contributed by atoms with Crippen molar-refractivity contribution in [3.63, 3.8) is 0 Å². The molecule has 0 N–H and O–H groups in total. The van der Waals surface area contributed by atoms with Crippen LogP contribution >= 0.6 is 0 Å². The Morgan fingerprint density at radius 2 is 1.74 bits per heavy atom. The molecule has 2 aliphatic heterocycles. The van der Waals surface area contributed by atoms with E-state index in [1.54, 1.807) is 12.5 Å². The Kier molecular flexibility index (Phi) is 4.72. The summed E-state index contributed by atoms with van der Waals surface area (Å²) in [4.78, 5) is 23.9. The van der Waals surface area contributed by atoms with E-state index in [-0.39, 0.29) is 5.92 Å². The summed E-state index contributed by atoms with van der Waals surface area (Å²) in [6.45, 7) is 2.57. The molecular weight excluding hydrogens is 436 g/mol. The van der Waals surface area contributed by atoms with Crippen LogP contribution in [0.1, 0.15) is 19.3 Å². The number of hydrogen-bond acceptors (Lipinski definition) is 4. The summed E-state index contributed by atoms with van der Waals surface area (Å²) in [5.41, 5.74) is 7.74. The van der Waals surface area contributed by atoms with Crippen LogP contribution in [-0.4, -0.2) is 38.4 Å². The summed E-state index contributed by atoms with van der Waals surface area (Å²) in [7, 11) is 0. The molecule has 0 spiro atoms. The molecule has 0 unspecified atom stereocenters. The maximum atomic E-state index is 12.6. The molecule has 4 heterocycles. The second-order valence-corrected chi connectivity index (χ2v) is 9.87. The smallest absolute Gasteiger partial charge is 0.225 e. The van der Waals surface area contributed by atoms with Crippen LogP contribution in [0.2, 0.25) is 0 Å². The number of carbonyl (C=O) groups is 1. The van der Waals surface area contributed by atoms with Crippen LogP contribution in [0.3, 0.4) is 0 Å². The Labute approximate surface area is 203 Å². The lowest BCUT2D eigenvalue weighted by Crippen LogP contribution is -2.30. The number of aromatic nitrogens is 3. The van der Waals surface area contributed by atoms with Crippen molar-refractivity contribution < 1.29 is 9.21 Å². The summed E-state index contributed by atoms with van der Waals surface area (Å²) in [5, 5.41) is 0. The molecule has 2 aromatic heterocycles. The summed E-state index contributed by atoms with van der Waals surface area (Å²) < 4.78 is 7.63. The molecule has 1 saturated heterocycles. The number of likely N-dealkylation sites (tertiary alicyclic amines) is 1. The molecule has 2 fully saturated rings. The fraction of sp³-hybridized carbons (Fsp3) is 0.276. The third-order valence-corrected chi connectivity index (χ3v) is 7.51. The molecular formula is C29H26N4O2. The monoisotopic (exact) mass is 462 g/mol. The number of benzene rings is 1. The Morgan fingerprint density at radius 3 is 2.60 bits per heavy atom. The van der Waals surface area contributed by atoms with Gasteiger partial charge in [-0.3, -0.25) is 9.78 Å². The number of carbonyl (C=O) groups excluding carboxylic acids is 1. The topological polar surface area (TPSA) is 64.2 Å². The van der Waals surface area contributed by atoms with Gasteiger partial charge < -0.3 is 13.9 Å². The number of nitrogens with zero attached hydrogens (tertiary/aromatic N) is 4. The SMILES string of the molecule is O=C(C1CC1)N1CC[C@H](Cn2c(-c3ccc(-c4ccc5coccc4-5)cc3)nc3cnccc32)C1. The minimum atomic E-state index is 0.289. The molecule has 174 valence electrons. The van der Waals surface area contributed by atoms with E-state index >= 15 is 0 Å². The molecule has 1 saturated carbocycles. The first kappa shape index (κ1) is 20.4. The van der Waals surface area contributed by atoms with Gasteiger partial charge in [-0.2, -0.15) is 0 Å². The zero-order valence-corrected chi connectivity index (χ0v) is 19.4. The lowest BCUT2D eigenvalue weighted by atomic mass is 10.0. The number of imidazole rings is 1. The maximum Gasteiger partial charge on any atom is 0.225 e. The highest BCUT2D eigenvalue weighted by atomic mass is 16.3. The largest absolute Gasteiger partial charge is 0.472 e. The molecule has 3 aromatic rings. The van der Waals surface area contributed by atoms with Crippen LogP contribution in [0, 0.1) is 11.8 Å². The highest BCUT2D eigenvalue weighted by molar-refractivity contribution is 5.87. The third-order valence-electron chi connectivity index (χ3n) is 7.51. The fourth-order valence-corrected chi connectivity index (χ4v) is 5.48. The van der Waals surface area contributed by atoms with E-state index in [0.717, 1.165) is 66.9 Å². The van der Waals surface area contributed by atoms with Gasteiger partial charge >= 0.3 is 0 Å². The number of pyridine rings is 1. The van der Waals surface area contributed by atoms with Gasteiger partial charge in [0.2, 0.25) is 5.91 Å². The van der Waals surface area contributed by atoms with E-state index in [0.29, 0.717) is 11.8 Å². The van der Waals surface area contributed by atoms with Gasteiger partial charge in [0.25, 0.3) is 0 Å². The lowest BCUT2D eigenvalue weighted by Gasteiger charge is -2.18. The molecule has 6 heteroatoms. The summed E-state index contributed by atoms with van der Waals surface area (Å²) in [6.07, 6.45) is 10.3. The van der Waals surface area contributed by atoms with E-state index in [1.165, 1.54) is 16.7 Å². The van der Waals surface area contributed by atoms with Crippen molar-refractivity contribution in [1.29, 1.82) is 0 Å². The van der Waals surface area contributed by atoms with Gasteiger partial charge in [-0.1, -0.05) is 36.4 Å². The van der Waals surface area contributed by atoms with E-state index < -0.39 is 0 Å². The summed E-state index contributed by atoms with van der Waals surface area (Å²) >= 11 is 0. The fourth-order valence-electron chi connectivity index (χ4n) is 5.48. The van der Waals surface area contributed by atoms with Gasteiger partial charge in [0, 0.05) is 42.9 Å². The van der Waals surface area contributed by atoms with E-state index in [2.05, 4.69) is 50.8 Å². The first-order chi connectivity index (χ1) is 17.2. The molecule has 2 aliphatic carbocycles. The first-order valence-electron chi connectivity index (χ1n) is 12.4. The Hall–Kier alpha value is -3.93. The Balaban J connectivity index is 1.20. The highest BCUT2D eigenvalue weighted by Crippen LogP contribution is 2.37. The van der Waals surface area contributed by atoms with Crippen LogP contribution in [0.4, 0.5) is 0 Å². The molecule has 35 heavy (non-hydrogen) atoms. The van der Waals surface area contributed by atoms with Crippen molar-refractivity contribution in [2.75, 3.05) is 13.1 Å². The molecule has 0 bridgehead atoms. The number of hydrogen-bond donors (Lipinski definition) is 0. The van der Waals surface area contributed by atoms with E-state index in [9.17, 15) is 4.79 Å². The first-order valence-corrected chi connectivity index (χ1v) is 12.4. The Morgan fingerprint density at radius 1 is 0.943 bits per heavy atom. The van der Waals surface area contributed by atoms with Gasteiger partial charge in [0.15, 0.2) is 0 Å². The molecule has 1 aromatic carbocycles. The van der Waals surface area contributed by atoms with Crippen LogP contribution in [0.5, 0.6) is 0 Å². The minimum absolute atomic E-state index is 0.289. The average Bonchev–Trinajstić information content (AvgIpc) is 3.33.